The second kappa shape index (κ2) is 5.81. The minimum atomic E-state index is -0.957. The highest BCUT2D eigenvalue weighted by Crippen LogP contribution is 2.18. The molecule has 0 aromatic carbocycles. The van der Waals surface area contributed by atoms with E-state index in [0.717, 1.165) is 19.3 Å². The van der Waals surface area contributed by atoms with Crippen molar-refractivity contribution < 1.29 is 14.7 Å². The number of carbonyl (C=O) groups is 2. The van der Waals surface area contributed by atoms with Gasteiger partial charge in [-0.05, 0) is 12.8 Å². The lowest BCUT2D eigenvalue weighted by Gasteiger charge is -2.25. The Labute approximate surface area is 111 Å². The summed E-state index contributed by atoms with van der Waals surface area (Å²) in [6.45, 7) is 2.35. The number of carboxylic acid groups (broad SMARTS) is 1. The highest BCUT2D eigenvalue weighted by Gasteiger charge is 2.32. The monoisotopic (exact) mass is 266 g/mol. The molecule has 0 aliphatic carbocycles. The first kappa shape index (κ1) is 13.5. The van der Waals surface area contributed by atoms with E-state index in [-0.39, 0.29) is 5.82 Å². The minimum absolute atomic E-state index is 0.0602. The van der Waals surface area contributed by atoms with Crippen LogP contribution in [0.15, 0.2) is 0 Å². The van der Waals surface area contributed by atoms with E-state index in [1.54, 1.807) is 0 Å². The number of likely N-dealkylation sites (tertiary alicyclic amines) is 1. The zero-order chi connectivity index (χ0) is 13.8. The smallest absolute Gasteiger partial charge is 0.326 e. The number of H-pyrrole nitrogens is 1. The molecule has 1 saturated heterocycles. The zero-order valence-corrected chi connectivity index (χ0v) is 10.9. The van der Waals surface area contributed by atoms with E-state index in [9.17, 15) is 14.7 Å². The number of aromatic amines is 1. The van der Waals surface area contributed by atoms with Gasteiger partial charge in [-0.15, -0.1) is 5.10 Å². The molecule has 0 spiro atoms. The van der Waals surface area contributed by atoms with Crippen molar-refractivity contribution in [3.63, 3.8) is 0 Å². The molecule has 2 heterocycles. The van der Waals surface area contributed by atoms with Crippen LogP contribution in [0.25, 0.3) is 0 Å². The second-order valence-corrected chi connectivity index (χ2v) is 4.66. The largest absolute Gasteiger partial charge is 0.480 e. The van der Waals surface area contributed by atoms with Crippen LogP contribution in [0, 0.1) is 0 Å². The van der Waals surface area contributed by atoms with Crippen molar-refractivity contribution in [2.24, 2.45) is 0 Å². The Morgan fingerprint density at radius 3 is 2.84 bits per heavy atom. The summed E-state index contributed by atoms with van der Waals surface area (Å²) in [5.74, 6) is -0.665. The third-order valence-electron chi connectivity index (χ3n) is 3.36. The van der Waals surface area contributed by atoms with Gasteiger partial charge < -0.3 is 10.0 Å². The van der Waals surface area contributed by atoms with Crippen LogP contribution >= 0.6 is 0 Å². The molecule has 2 N–H and O–H groups in total. The van der Waals surface area contributed by atoms with Crippen molar-refractivity contribution in [1.82, 2.24) is 20.1 Å². The Morgan fingerprint density at radius 2 is 2.21 bits per heavy atom. The lowest BCUT2D eigenvalue weighted by atomic mass is 10.1. The minimum Gasteiger partial charge on any atom is -0.480 e. The number of aliphatic carboxylic acids is 1. The SMILES string of the molecule is CCc1nc(C(=O)N2CCCCCC2C(=O)O)n[nH]1. The summed E-state index contributed by atoms with van der Waals surface area (Å²) in [5.41, 5.74) is 0. The number of hydrogen-bond donors (Lipinski definition) is 2. The molecule has 0 saturated carbocycles. The molecule has 7 nitrogen and oxygen atoms in total. The summed E-state index contributed by atoms with van der Waals surface area (Å²) < 4.78 is 0. The van der Waals surface area contributed by atoms with Gasteiger partial charge in [-0.3, -0.25) is 9.89 Å². The molecule has 1 fully saturated rings. The molecule has 1 atom stereocenters. The number of rotatable bonds is 3. The Bertz CT molecular complexity index is 471. The van der Waals surface area contributed by atoms with E-state index in [1.165, 1.54) is 4.90 Å². The molecule has 104 valence electrons. The van der Waals surface area contributed by atoms with Crippen LogP contribution in [0.3, 0.4) is 0 Å². The number of carboxylic acids is 1. The van der Waals surface area contributed by atoms with Crippen molar-refractivity contribution in [2.75, 3.05) is 6.54 Å². The fourth-order valence-corrected chi connectivity index (χ4v) is 2.29. The molecule has 1 unspecified atom stereocenters. The second-order valence-electron chi connectivity index (χ2n) is 4.66. The zero-order valence-electron chi connectivity index (χ0n) is 10.9. The van der Waals surface area contributed by atoms with Crippen LogP contribution in [-0.4, -0.2) is 49.7 Å². The van der Waals surface area contributed by atoms with Crippen molar-refractivity contribution in [3.05, 3.63) is 11.6 Å². The number of nitrogens with zero attached hydrogens (tertiary/aromatic N) is 3. The van der Waals surface area contributed by atoms with Crippen LogP contribution in [0.2, 0.25) is 0 Å². The van der Waals surface area contributed by atoms with Crippen LogP contribution in [-0.2, 0) is 11.2 Å². The molecule has 2 rings (SSSR count). The van der Waals surface area contributed by atoms with E-state index >= 15 is 0 Å². The summed E-state index contributed by atoms with van der Waals surface area (Å²) in [7, 11) is 0. The summed E-state index contributed by atoms with van der Waals surface area (Å²) >= 11 is 0. The van der Waals surface area contributed by atoms with E-state index in [0.29, 0.717) is 25.2 Å². The van der Waals surface area contributed by atoms with Gasteiger partial charge in [0, 0.05) is 13.0 Å². The lowest BCUT2D eigenvalue weighted by molar-refractivity contribution is -0.142. The number of hydrogen-bond acceptors (Lipinski definition) is 4. The van der Waals surface area contributed by atoms with Crippen LogP contribution in [0.4, 0.5) is 0 Å². The summed E-state index contributed by atoms with van der Waals surface area (Å²) in [6.07, 6.45) is 3.74. The van der Waals surface area contributed by atoms with Gasteiger partial charge in [0.15, 0.2) is 0 Å². The standard InChI is InChI=1S/C12H18N4O3/c1-2-9-13-10(15-14-9)11(17)16-7-5-3-4-6-8(16)12(18)19/h8H,2-7H2,1H3,(H,18,19)(H,13,14,15). The maximum Gasteiger partial charge on any atom is 0.326 e. The molecular formula is C12H18N4O3. The third kappa shape index (κ3) is 2.91. The van der Waals surface area contributed by atoms with Gasteiger partial charge in [-0.2, -0.15) is 0 Å². The first-order valence-electron chi connectivity index (χ1n) is 6.58. The van der Waals surface area contributed by atoms with Gasteiger partial charge >= 0.3 is 5.97 Å². The van der Waals surface area contributed by atoms with Gasteiger partial charge in [0.05, 0.1) is 0 Å². The third-order valence-corrected chi connectivity index (χ3v) is 3.36. The summed E-state index contributed by atoms with van der Waals surface area (Å²) in [5, 5.41) is 15.8. The van der Waals surface area contributed by atoms with Crippen molar-refractivity contribution in [3.8, 4) is 0 Å². The molecule has 1 aliphatic heterocycles. The average molecular weight is 266 g/mol. The highest BCUT2D eigenvalue weighted by molar-refractivity contribution is 5.93. The first-order valence-corrected chi connectivity index (χ1v) is 6.58. The van der Waals surface area contributed by atoms with Crippen molar-refractivity contribution in [1.29, 1.82) is 0 Å². The quantitative estimate of drug-likeness (QED) is 0.844. The number of carbonyl (C=O) groups excluding carboxylic acids is 1. The molecule has 1 aromatic heterocycles. The fourth-order valence-electron chi connectivity index (χ4n) is 2.29. The summed E-state index contributed by atoms with van der Waals surface area (Å²) in [4.78, 5) is 29.1. The van der Waals surface area contributed by atoms with Gasteiger partial charge in [0.25, 0.3) is 5.91 Å². The van der Waals surface area contributed by atoms with Crippen molar-refractivity contribution >= 4 is 11.9 Å². The van der Waals surface area contributed by atoms with E-state index in [1.807, 2.05) is 6.92 Å². The van der Waals surface area contributed by atoms with Crippen LogP contribution in [0.1, 0.15) is 49.1 Å². The average Bonchev–Trinajstić information content (AvgIpc) is 2.74. The lowest BCUT2D eigenvalue weighted by Crippen LogP contribution is -2.45. The van der Waals surface area contributed by atoms with Crippen molar-refractivity contribution in [2.45, 2.75) is 45.1 Å². The van der Waals surface area contributed by atoms with Gasteiger partial charge in [0.2, 0.25) is 5.82 Å². The number of aromatic nitrogens is 3. The molecular weight excluding hydrogens is 248 g/mol. The molecule has 1 aliphatic rings. The summed E-state index contributed by atoms with van der Waals surface area (Å²) in [6, 6.07) is -0.765. The maximum absolute atomic E-state index is 12.3. The van der Waals surface area contributed by atoms with Gasteiger partial charge in [0.1, 0.15) is 11.9 Å². The van der Waals surface area contributed by atoms with Gasteiger partial charge in [-0.1, -0.05) is 19.8 Å². The number of aryl methyl sites for hydroxylation is 1. The van der Waals surface area contributed by atoms with E-state index in [2.05, 4.69) is 15.2 Å². The maximum atomic E-state index is 12.3. The highest BCUT2D eigenvalue weighted by atomic mass is 16.4. The predicted molar refractivity (Wildman–Crippen MR) is 66.7 cm³/mol. The Kier molecular flexibility index (Phi) is 4.13. The Balaban J connectivity index is 2.20. The predicted octanol–water partition coefficient (Wildman–Crippen LogP) is 0.836. The number of nitrogens with one attached hydrogen (secondary N) is 1. The molecule has 0 bridgehead atoms. The molecule has 1 amide bonds. The normalized spacial score (nSPS) is 20.1. The van der Waals surface area contributed by atoms with Gasteiger partial charge in [-0.25, -0.2) is 9.78 Å². The molecule has 1 aromatic rings. The number of amides is 1. The van der Waals surface area contributed by atoms with E-state index < -0.39 is 17.9 Å². The van der Waals surface area contributed by atoms with E-state index in [4.69, 9.17) is 0 Å². The van der Waals surface area contributed by atoms with Crippen LogP contribution < -0.4 is 0 Å². The molecule has 0 radical (unpaired) electrons. The Morgan fingerprint density at radius 1 is 1.42 bits per heavy atom. The first-order chi connectivity index (χ1) is 9.13. The molecule has 7 heteroatoms. The fraction of sp³-hybridized carbons (Fsp3) is 0.667. The molecule has 19 heavy (non-hydrogen) atoms. The topological polar surface area (TPSA) is 99.2 Å². The Hall–Kier alpha value is -1.92. The van der Waals surface area contributed by atoms with Crippen LogP contribution in [0.5, 0.6) is 0 Å².